The van der Waals surface area contributed by atoms with Gasteiger partial charge in [0.05, 0.1) is 13.2 Å². The largest absolute Gasteiger partial charge is 0.454 e. The van der Waals surface area contributed by atoms with E-state index in [0.717, 1.165) is 87.5 Å². The van der Waals surface area contributed by atoms with Crippen LogP contribution in [0.3, 0.4) is 0 Å². The van der Waals surface area contributed by atoms with Gasteiger partial charge in [-0.15, -0.1) is 10.2 Å². The number of nitrogens with zero attached hydrogens (tertiary/aromatic N) is 4. The fourth-order valence-electron chi connectivity index (χ4n) is 4.51. The van der Waals surface area contributed by atoms with Gasteiger partial charge in [-0.05, 0) is 42.7 Å². The first-order valence-corrected chi connectivity index (χ1v) is 12.0. The standard InChI is InChI=1S/C24H32N6O4/c31-24(25-7-10-29-11-13-32-14-12-29)19-5-8-30(9-6-19)23-4-3-22(27-28-23)26-16-18-1-2-20-21(15-18)34-17-33-20/h1-4,15,19H,5-14,16-17H2,(H,25,31)(H,26,27). The zero-order valence-corrected chi connectivity index (χ0v) is 19.4. The summed E-state index contributed by atoms with van der Waals surface area (Å²) < 4.78 is 16.1. The average Bonchev–Trinajstić information content (AvgIpc) is 3.36. The van der Waals surface area contributed by atoms with Gasteiger partial charge in [0.25, 0.3) is 0 Å². The molecule has 10 nitrogen and oxygen atoms in total. The topological polar surface area (TPSA) is 101 Å². The number of hydrogen-bond acceptors (Lipinski definition) is 9. The van der Waals surface area contributed by atoms with E-state index < -0.39 is 0 Å². The Balaban J connectivity index is 1.03. The van der Waals surface area contributed by atoms with E-state index >= 15 is 0 Å². The molecule has 0 unspecified atom stereocenters. The molecule has 0 spiro atoms. The van der Waals surface area contributed by atoms with Gasteiger partial charge in [0.2, 0.25) is 12.7 Å². The van der Waals surface area contributed by atoms with Gasteiger partial charge in [0.1, 0.15) is 5.82 Å². The van der Waals surface area contributed by atoms with Crippen molar-refractivity contribution < 1.29 is 19.0 Å². The van der Waals surface area contributed by atoms with E-state index in [1.165, 1.54) is 0 Å². The van der Waals surface area contributed by atoms with E-state index in [-0.39, 0.29) is 18.6 Å². The summed E-state index contributed by atoms with van der Waals surface area (Å²) in [5.74, 6) is 3.35. The number of rotatable bonds is 8. The molecule has 0 atom stereocenters. The van der Waals surface area contributed by atoms with Crippen molar-refractivity contribution in [1.29, 1.82) is 0 Å². The van der Waals surface area contributed by atoms with Crippen molar-refractivity contribution in [3.8, 4) is 11.5 Å². The molecule has 2 aromatic rings. The van der Waals surface area contributed by atoms with Gasteiger partial charge in [-0.2, -0.15) is 0 Å². The number of nitrogens with one attached hydrogen (secondary N) is 2. The zero-order valence-electron chi connectivity index (χ0n) is 19.4. The second kappa shape index (κ2) is 10.9. The summed E-state index contributed by atoms with van der Waals surface area (Å²) in [4.78, 5) is 17.1. The Morgan fingerprint density at radius 1 is 1.00 bits per heavy atom. The highest BCUT2D eigenvalue weighted by Gasteiger charge is 2.25. The van der Waals surface area contributed by atoms with Crippen LogP contribution in [0, 0.1) is 5.92 Å². The molecule has 0 aliphatic carbocycles. The lowest BCUT2D eigenvalue weighted by Gasteiger charge is -2.32. The minimum absolute atomic E-state index is 0.0662. The lowest BCUT2D eigenvalue weighted by atomic mass is 9.96. The van der Waals surface area contributed by atoms with Crippen LogP contribution in [-0.2, 0) is 16.1 Å². The van der Waals surface area contributed by atoms with Crippen molar-refractivity contribution in [2.45, 2.75) is 19.4 Å². The van der Waals surface area contributed by atoms with Crippen LogP contribution in [0.5, 0.6) is 11.5 Å². The normalized spacial score (nSPS) is 18.6. The van der Waals surface area contributed by atoms with Gasteiger partial charge in [-0.25, -0.2) is 0 Å². The van der Waals surface area contributed by atoms with Gasteiger partial charge in [0.15, 0.2) is 17.3 Å². The quantitative estimate of drug-likeness (QED) is 0.597. The Bertz CT molecular complexity index is 958. The van der Waals surface area contributed by atoms with Crippen LogP contribution in [0.4, 0.5) is 11.6 Å². The van der Waals surface area contributed by atoms with Crippen LogP contribution in [0.25, 0.3) is 0 Å². The predicted octanol–water partition coefficient (Wildman–Crippen LogP) is 1.48. The Labute approximate surface area is 199 Å². The number of hydrogen-bond donors (Lipinski definition) is 2. The van der Waals surface area contributed by atoms with Crippen molar-refractivity contribution in [3.05, 3.63) is 35.9 Å². The van der Waals surface area contributed by atoms with Crippen LogP contribution in [0.2, 0.25) is 0 Å². The number of aromatic nitrogens is 2. The minimum atomic E-state index is 0.0662. The summed E-state index contributed by atoms with van der Waals surface area (Å²) in [5.41, 5.74) is 1.08. The van der Waals surface area contributed by atoms with Gasteiger partial charge in [0, 0.05) is 51.7 Å². The fourth-order valence-corrected chi connectivity index (χ4v) is 4.51. The molecule has 2 fully saturated rings. The van der Waals surface area contributed by atoms with Crippen LogP contribution in [0.1, 0.15) is 18.4 Å². The van der Waals surface area contributed by atoms with E-state index in [4.69, 9.17) is 14.2 Å². The van der Waals surface area contributed by atoms with Crippen LogP contribution < -0.4 is 25.0 Å². The SMILES string of the molecule is O=C(NCCN1CCOCC1)C1CCN(c2ccc(NCc3ccc4c(c3)OCO4)nn2)CC1. The molecular formula is C24H32N6O4. The van der Waals surface area contributed by atoms with Crippen LogP contribution in [0.15, 0.2) is 30.3 Å². The minimum Gasteiger partial charge on any atom is -0.454 e. The van der Waals surface area contributed by atoms with E-state index in [9.17, 15) is 4.79 Å². The molecule has 1 aromatic carbocycles. The highest BCUT2D eigenvalue weighted by molar-refractivity contribution is 5.79. The van der Waals surface area contributed by atoms with Crippen molar-refractivity contribution in [2.75, 3.05) is 69.5 Å². The molecule has 3 aliphatic rings. The second-order valence-corrected chi connectivity index (χ2v) is 8.82. The summed E-state index contributed by atoms with van der Waals surface area (Å²) in [6.45, 7) is 7.56. The Kier molecular flexibility index (Phi) is 7.25. The monoisotopic (exact) mass is 468 g/mol. The second-order valence-electron chi connectivity index (χ2n) is 8.82. The van der Waals surface area contributed by atoms with Crippen LogP contribution >= 0.6 is 0 Å². The van der Waals surface area contributed by atoms with Gasteiger partial charge in [-0.1, -0.05) is 6.07 Å². The zero-order chi connectivity index (χ0) is 23.2. The third-order valence-electron chi connectivity index (χ3n) is 6.58. The number of amides is 1. The molecule has 0 saturated carbocycles. The lowest BCUT2D eigenvalue weighted by Crippen LogP contribution is -2.44. The van der Waals surface area contributed by atoms with Crippen LogP contribution in [-0.4, -0.2) is 80.3 Å². The van der Waals surface area contributed by atoms with Gasteiger partial charge in [-0.3, -0.25) is 9.69 Å². The third kappa shape index (κ3) is 5.68. The van der Waals surface area contributed by atoms with Crippen molar-refractivity contribution in [2.24, 2.45) is 5.92 Å². The first-order chi connectivity index (χ1) is 16.7. The molecule has 0 bridgehead atoms. The number of anilines is 2. The molecule has 2 N–H and O–H groups in total. The van der Waals surface area contributed by atoms with Gasteiger partial charge < -0.3 is 29.7 Å². The maximum absolute atomic E-state index is 12.6. The molecule has 4 heterocycles. The number of fused-ring (bicyclic) bond motifs is 1. The summed E-state index contributed by atoms with van der Waals surface area (Å²) in [6.07, 6.45) is 1.66. The molecular weight excluding hydrogens is 436 g/mol. The first kappa shape index (κ1) is 22.7. The molecule has 2 saturated heterocycles. The maximum Gasteiger partial charge on any atom is 0.231 e. The summed E-state index contributed by atoms with van der Waals surface area (Å²) in [7, 11) is 0. The number of ether oxygens (including phenoxy) is 3. The Hall–Kier alpha value is -3.11. The van der Waals surface area contributed by atoms with Crippen molar-refractivity contribution in [1.82, 2.24) is 20.4 Å². The number of carbonyl (C=O) groups excluding carboxylic acids is 1. The Morgan fingerprint density at radius 3 is 2.62 bits per heavy atom. The molecule has 3 aliphatic heterocycles. The lowest BCUT2D eigenvalue weighted by molar-refractivity contribution is -0.125. The maximum atomic E-state index is 12.6. The van der Waals surface area contributed by atoms with E-state index in [0.29, 0.717) is 13.1 Å². The Morgan fingerprint density at radius 2 is 1.82 bits per heavy atom. The number of piperidine rings is 1. The van der Waals surface area contributed by atoms with Gasteiger partial charge >= 0.3 is 0 Å². The molecule has 0 radical (unpaired) electrons. The molecule has 1 aromatic heterocycles. The number of carbonyl (C=O) groups is 1. The number of morpholine rings is 1. The summed E-state index contributed by atoms with van der Waals surface area (Å²) in [5, 5.41) is 15.1. The third-order valence-corrected chi connectivity index (χ3v) is 6.58. The predicted molar refractivity (Wildman–Crippen MR) is 127 cm³/mol. The number of benzene rings is 1. The highest BCUT2D eigenvalue weighted by atomic mass is 16.7. The fraction of sp³-hybridized carbons (Fsp3) is 0.542. The molecule has 1 amide bonds. The van der Waals surface area contributed by atoms with E-state index in [1.54, 1.807) is 0 Å². The van der Waals surface area contributed by atoms with Crippen molar-refractivity contribution in [3.63, 3.8) is 0 Å². The van der Waals surface area contributed by atoms with E-state index in [2.05, 4.69) is 30.6 Å². The molecule has 34 heavy (non-hydrogen) atoms. The summed E-state index contributed by atoms with van der Waals surface area (Å²) >= 11 is 0. The molecule has 10 heteroatoms. The smallest absolute Gasteiger partial charge is 0.231 e. The highest BCUT2D eigenvalue weighted by Crippen LogP contribution is 2.32. The summed E-state index contributed by atoms with van der Waals surface area (Å²) in [6, 6.07) is 9.82. The average molecular weight is 469 g/mol. The van der Waals surface area contributed by atoms with Crippen molar-refractivity contribution >= 4 is 17.5 Å². The first-order valence-electron chi connectivity index (χ1n) is 12.0. The molecule has 182 valence electrons. The molecule has 5 rings (SSSR count). The van der Waals surface area contributed by atoms with E-state index in [1.807, 2.05) is 30.3 Å².